The fraction of sp³-hybridized carbons (Fsp3) is 0.333. The van der Waals surface area contributed by atoms with Crippen molar-refractivity contribution in [1.29, 1.82) is 0 Å². The van der Waals surface area contributed by atoms with Crippen LogP contribution in [0.3, 0.4) is 0 Å². The maximum absolute atomic E-state index is 12.3. The molecule has 0 aromatic heterocycles. The average Bonchev–Trinajstić information content (AvgIpc) is 2.12. The van der Waals surface area contributed by atoms with Crippen molar-refractivity contribution in [2.24, 2.45) is 0 Å². The first-order valence-corrected chi connectivity index (χ1v) is 4.18. The molecule has 0 N–H and O–H groups in total. The van der Waals surface area contributed by atoms with E-state index in [1.165, 1.54) is 0 Å². The number of allylic oxidation sites excluding steroid dienone is 1. The molecule has 0 amide bonds. The van der Waals surface area contributed by atoms with Gasteiger partial charge in [-0.25, -0.2) is 0 Å². The van der Waals surface area contributed by atoms with Crippen molar-refractivity contribution in [2.75, 3.05) is 0 Å². The molecule has 0 fully saturated rings. The van der Waals surface area contributed by atoms with Crippen LogP contribution in [-0.2, 0) is 23.9 Å². The Morgan fingerprint density at radius 1 is 1.36 bits per heavy atom. The number of rotatable bonds is 5. The van der Waals surface area contributed by atoms with Crippen molar-refractivity contribution in [3.05, 3.63) is 11.2 Å². The monoisotopic (exact) mass is 228 g/mol. The van der Waals surface area contributed by atoms with E-state index in [1.54, 1.807) is 0 Å². The second kappa shape index (κ2) is 7.33. The molecule has 0 heterocycles. The summed E-state index contributed by atoms with van der Waals surface area (Å²) in [6.07, 6.45) is 0.517. The zero-order chi connectivity index (χ0) is 10.5. The third-order valence-corrected chi connectivity index (χ3v) is 1.94. The van der Waals surface area contributed by atoms with Gasteiger partial charge in [-0.05, 0) is 13.0 Å². The van der Waals surface area contributed by atoms with E-state index in [0.717, 1.165) is 6.92 Å². The fourth-order valence-electron chi connectivity index (χ4n) is 0.337. The summed E-state index contributed by atoms with van der Waals surface area (Å²) in [5.74, 6) is 0. The Balaban J connectivity index is 0. The second-order valence-electron chi connectivity index (χ2n) is 1.61. The summed E-state index contributed by atoms with van der Waals surface area (Å²) < 4.78 is 59.1. The number of hydrogen-bond acceptors (Lipinski definition) is 5. The van der Waals surface area contributed by atoms with Crippen LogP contribution in [0.4, 0.5) is 13.4 Å². The van der Waals surface area contributed by atoms with Gasteiger partial charge in [0.05, 0.1) is 0 Å². The van der Waals surface area contributed by atoms with Gasteiger partial charge in [0.2, 0.25) is 5.16 Å². The summed E-state index contributed by atoms with van der Waals surface area (Å²) in [7, 11) is -7.64. The first-order valence-electron chi connectivity index (χ1n) is 2.77. The molecule has 78 valence electrons. The minimum absolute atomic E-state index is 0. The molecule has 0 radical (unpaired) electrons. The van der Waals surface area contributed by atoms with Gasteiger partial charge < -0.3 is 0 Å². The predicted octanol–water partition coefficient (Wildman–Crippen LogP) is 0.302. The fourth-order valence-corrected chi connectivity index (χ4v) is 0.984. The van der Waals surface area contributed by atoms with Crippen molar-refractivity contribution in [3.63, 3.8) is 0 Å². The van der Waals surface area contributed by atoms with Gasteiger partial charge >= 0.3 is 36.3 Å². The molecule has 0 rings (SSSR count). The number of hydrogen-bond donors (Lipinski definition) is 0. The van der Waals surface area contributed by atoms with Gasteiger partial charge in [0, 0.05) is 0 Å². The second-order valence-corrected chi connectivity index (χ2v) is 3.10. The van der Waals surface area contributed by atoms with E-state index in [2.05, 4.69) is 13.8 Å². The van der Waals surface area contributed by atoms with E-state index in [-0.39, 0.29) is 18.9 Å². The molecule has 0 saturated carbocycles. The quantitative estimate of drug-likeness (QED) is 0.633. The molecule has 5 nitrogen and oxygen atoms in total. The predicted molar refractivity (Wildman–Crippen MR) is 42.2 cm³/mol. The Labute approximate surface area is 90.5 Å². The molecular formula is C3H5BF3LiO5S. The van der Waals surface area contributed by atoms with Gasteiger partial charge in [0.25, 0.3) is 0 Å². The molecule has 0 saturated heterocycles. The molecule has 0 aromatic rings. The SMILES string of the molecule is CC=C(F)S(=O)(=O)OB(OF)OF.[LiH]. The van der Waals surface area contributed by atoms with E-state index in [9.17, 15) is 21.9 Å². The molecule has 0 aliphatic heterocycles. The molecule has 0 atom stereocenters. The van der Waals surface area contributed by atoms with Crippen molar-refractivity contribution in [2.45, 2.75) is 6.92 Å². The maximum atomic E-state index is 12.3. The van der Waals surface area contributed by atoms with E-state index in [4.69, 9.17) is 0 Å². The Hall–Kier alpha value is 0.0223. The summed E-state index contributed by atoms with van der Waals surface area (Å²) >= 11 is 0. The molecule has 0 bridgehead atoms. The van der Waals surface area contributed by atoms with E-state index in [1.807, 2.05) is 0 Å². The average molecular weight is 228 g/mol. The van der Waals surface area contributed by atoms with Gasteiger partial charge in [-0.2, -0.15) is 22.5 Å². The van der Waals surface area contributed by atoms with Gasteiger partial charge in [0.1, 0.15) is 0 Å². The van der Waals surface area contributed by atoms with Crippen LogP contribution in [0.5, 0.6) is 0 Å². The molecule has 11 heteroatoms. The zero-order valence-corrected chi connectivity index (χ0v) is 7.05. The van der Waals surface area contributed by atoms with Gasteiger partial charge in [0.15, 0.2) is 0 Å². The molecule has 0 aliphatic rings. The van der Waals surface area contributed by atoms with E-state index in [0.29, 0.717) is 6.08 Å². The van der Waals surface area contributed by atoms with Crippen molar-refractivity contribution < 1.29 is 35.7 Å². The molecule has 0 spiro atoms. The van der Waals surface area contributed by atoms with Crippen LogP contribution in [0.15, 0.2) is 11.2 Å². The van der Waals surface area contributed by atoms with Crippen LogP contribution in [0.1, 0.15) is 6.92 Å². The third-order valence-electron chi connectivity index (χ3n) is 0.817. The van der Waals surface area contributed by atoms with Crippen LogP contribution in [0.25, 0.3) is 0 Å². The molecule has 0 unspecified atom stereocenters. The van der Waals surface area contributed by atoms with Crippen LogP contribution >= 0.6 is 0 Å². The van der Waals surface area contributed by atoms with Crippen LogP contribution in [-0.4, -0.2) is 34.6 Å². The van der Waals surface area contributed by atoms with Crippen molar-refractivity contribution >= 4 is 36.3 Å². The third kappa shape index (κ3) is 5.04. The van der Waals surface area contributed by atoms with Crippen LogP contribution in [0, 0.1) is 0 Å². The minimum atomic E-state index is -4.87. The zero-order valence-electron chi connectivity index (χ0n) is 6.24. The first kappa shape index (κ1) is 16.5. The van der Waals surface area contributed by atoms with Crippen LogP contribution in [0.2, 0.25) is 0 Å². The molecular weight excluding hydrogens is 223 g/mol. The Bertz CT molecular complexity index is 278. The first-order chi connectivity index (χ1) is 5.97. The molecule has 14 heavy (non-hydrogen) atoms. The molecule has 0 aromatic carbocycles. The van der Waals surface area contributed by atoms with E-state index >= 15 is 0 Å². The standard InChI is InChI=1S/C3H4BF3O5S.Li.H/c1-2-3(5)13(8,9)12-4(10-6)11-7;;/h2H,1H3;;. The Morgan fingerprint density at radius 3 is 2.07 bits per heavy atom. The Morgan fingerprint density at radius 2 is 1.79 bits per heavy atom. The summed E-state index contributed by atoms with van der Waals surface area (Å²) in [6.45, 7) is 1.04. The van der Waals surface area contributed by atoms with Crippen molar-refractivity contribution in [1.82, 2.24) is 0 Å². The normalized spacial score (nSPS) is 12.1. The summed E-state index contributed by atoms with van der Waals surface area (Å²) in [5.41, 5.74) is 0. The summed E-state index contributed by atoms with van der Waals surface area (Å²) in [5, 5.41) is -1.72. The van der Waals surface area contributed by atoms with Gasteiger partial charge in [-0.1, -0.05) is 9.05 Å². The Kier molecular flexibility index (Phi) is 8.62. The molecule has 0 aliphatic carbocycles. The summed E-state index contributed by atoms with van der Waals surface area (Å²) in [4.78, 5) is 5.07. The summed E-state index contributed by atoms with van der Waals surface area (Å²) in [6, 6.07) is 0. The van der Waals surface area contributed by atoms with Gasteiger partial charge in [-0.15, -0.1) is 0 Å². The van der Waals surface area contributed by atoms with Crippen molar-refractivity contribution in [3.8, 4) is 0 Å². The van der Waals surface area contributed by atoms with Crippen LogP contribution < -0.4 is 0 Å². The van der Waals surface area contributed by atoms with Gasteiger partial charge in [-0.3, -0.25) is 4.10 Å². The number of halogens is 3. The van der Waals surface area contributed by atoms with E-state index < -0.39 is 22.6 Å². The topological polar surface area (TPSA) is 61.8 Å².